The highest BCUT2D eigenvalue weighted by atomic mass is 35.5. The summed E-state index contributed by atoms with van der Waals surface area (Å²) in [7, 11) is 1.46. The number of halogens is 5. The van der Waals surface area contributed by atoms with Gasteiger partial charge in [0.05, 0.1) is 20.2 Å². The molecule has 39 heavy (non-hydrogen) atoms. The van der Waals surface area contributed by atoms with Gasteiger partial charge in [0.15, 0.2) is 0 Å². The highest BCUT2D eigenvalue weighted by molar-refractivity contribution is 6.34. The molecule has 1 saturated heterocycles. The molecule has 2 N–H and O–H groups in total. The Hall–Kier alpha value is -2.70. The van der Waals surface area contributed by atoms with E-state index in [1.807, 2.05) is 0 Å². The van der Waals surface area contributed by atoms with E-state index in [1.54, 1.807) is 26.0 Å². The lowest BCUT2D eigenvalue weighted by molar-refractivity contribution is -0.183. The van der Waals surface area contributed by atoms with Crippen LogP contribution >= 0.6 is 23.2 Å². The van der Waals surface area contributed by atoms with Crippen molar-refractivity contribution in [2.24, 2.45) is 4.99 Å². The summed E-state index contributed by atoms with van der Waals surface area (Å²) >= 11 is 12.0. The summed E-state index contributed by atoms with van der Waals surface area (Å²) in [6.07, 6.45) is -5.01. The molecule has 2 aromatic rings. The van der Waals surface area contributed by atoms with Gasteiger partial charge < -0.3 is 10.2 Å². The van der Waals surface area contributed by atoms with E-state index >= 15 is 0 Å². The fourth-order valence-electron chi connectivity index (χ4n) is 4.74. The number of amides is 2. The van der Waals surface area contributed by atoms with Crippen LogP contribution in [0.25, 0.3) is 0 Å². The molecule has 2 heterocycles. The van der Waals surface area contributed by atoms with Crippen molar-refractivity contribution in [2.45, 2.75) is 43.9 Å². The van der Waals surface area contributed by atoms with Gasteiger partial charge in [-0.1, -0.05) is 29.3 Å². The Morgan fingerprint density at radius 2 is 1.95 bits per heavy atom. The summed E-state index contributed by atoms with van der Waals surface area (Å²) in [4.78, 5) is 40.0. The second-order valence-corrected chi connectivity index (χ2v) is 10.5. The Morgan fingerprint density at radius 3 is 2.56 bits per heavy atom. The first-order chi connectivity index (χ1) is 18.3. The third-order valence-electron chi connectivity index (χ3n) is 6.78. The first kappa shape index (κ1) is 29.3. The molecule has 13 heteroatoms. The Kier molecular flexibility index (Phi) is 8.58. The van der Waals surface area contributed by atoms with E-state index in [4.69, 9.17) is 32.9 Å². The average molecular weight is 587 g/mol. The van der Waals surface area contributed by atoms with Crippen molar-refractivity contribution in [3.05, 3.63) is 68.7 Å². The molecule has 0 saturated carbocycles. The highest BCUT2D eigenvalue weighted by Gasteiger charge is 2.58. The lowest BCUT2D eigenvalue weighted by Crippen LogP contribution is -2.45. The van der Waals surface area contributed by atoms with Crippen molar-refractivity contribution in [3.8, 4) is 0 Å². The van der Waals surface area contributed by atoms with E-state index < -0.39 is 42.4 Å². The van der Waals surface area contributed by atoms with Gasteiger partial charge in [-0.2, -0.15) is 18.7 Å². The first-order valence-corrected chi connectivity index (χ1v) is 12.8. The maximum atomic E-state index is 14.4. The van der Waals surface area contributed by atoms with E-state index in [2.05, 4.69) is 15.8 Å². The van der Waals surface area contributed by atoms with Crippen LogP contribution in [-0.4, -0.2) is 67.7 Å². The molecule has 0 aromatic heterocycles. The van der Waals surface area contributed by atoms with E-state index in [-0.39, 0.29) is 46.1 Å². The number of carbonyl (C=O) groups excluding carboxylic acids is 2. The molecule has 3 atom stereocenters. The van der Waals surface area contributed by atoms with Crippen molar-refractivity contribution in [1.29, 1.82) is 0 Å². The third kappa shape index (κ3) is 6.07. The normalized spacial score (nSPS) is 22.3. The van der Waals surface area contributed by atoms with E-state index in [0.717, 1.165) is 5.06 Å². The van der Waals surface area contributed by atoms with Crippen LogP contribution in [0.4, 0.5) is 13.2 Å². The Labute approximate surface area is 233 Å². The number of aryl methyl sites for hydroxylation is 1. The predicted octanol–water partition coefficient (Wildman–Crippen LogP) is 4.41. The standard InChI is InChI=1S/C26H27Cl2F3N4O4/c1-14-6-16(21-10-25(13-32-21,26(29,30)31)17-7-18(27)9-19(28)8-17)4-5-20(14)23(36)33-22-12-39-35(24(22)37)11-15(2)34-38-3/h4-9,15,22,34H,10-13H2,1-3H3,(H,33,36)/t15?,22-,25?/m1/s1. The lowest BCUT2D eigenvalue weighted by atomic mass is 9.76. The molecule has 8 nitrogen and oxygen atoms in total. The molecule has 2 aliphatic heterocycles. The number of aliphatic imine (C=N–C) groups is 1. The number of alkyl halides is 3. The zero-order valence-corrected chi connectivity index (χ0v) is 22.9. The molecule has 2 amide bonds. The smallest absolute Gasteiger partial charge is 0.338 e. The molecule has 1 fully saturated rings. The second-order valence-electron chi connectivity index (χ2n) is 9.65. The molecule has 2 aliphatic rings. The molecule has 2 unspecified atom stereocenters. The monoisotopic (exact) mass is 586 g/mol. The van der Waals surface area contributed by atoms with Crippen LogP contribution in [0.1, 0.15) is 40.4 Å². The maximum absolute atomic E-state index is 14.4. The lowest BCUT2D eigenvalue weighted by Gasteiger charge is -2.31. The van der Waals surface area contributed by atoms with E-state index in [0.29, 0.717) is 11.1 Å². The van der Waals surface area contributed by atoms with Crippen LogP contribution in [0.5, 0.6) is 0 Å². The molecule has 0 aliphatic carbocycles. The van der Waals surface area contributed by atoms with Crippen LogP contribution < -0.4 is 10.8 Å². The number of rotatable bonds is 8. The molecule has 4 rings (SSSR count). The Balaban J connectivity index is 1.48. The number of hydroxylamine groups is 3. The minimum Gasteiger partial charge on any atom is -0.338 e. The SMILES string of the molecule is CONC(C)CN1OC[C@@H](NC(=O)c2ccc(C3=NCC(c4cc(Cl)cc(Cl)c4)(C(F)(F)F)C3)cc2C)C1=O. The number of carbonyl (C=O) groups is 2. The average Bonchev–Trinajstić information content (AvgIpc) is 3.44. The van der Waals surface area contributed by atoms with E-state index in [9.17, 15) is 22.8 Å². The molecule has 0 radical (unpaired) electrons. The van der Waals surface area contributed by atoms with Gasteiger partial charge in [-0.25, -0.2) is 5.06 Å². The van der Waals surface area contributed by atoms with Gasteiger partial charge in [0.1, 0.15) is 18.1 Å². The number of hydrogen-bond donors (Lipinski definition) is 2. The summed E-state index contributed by atoms with van der Waals surface area (Å²) in [5.41, 5.74) is 1.89. The van der Waals surface area contributed by atoms with Crippen molar-refractivity contribution in [1.82, 2.24) is 15.9 Å². The zero-order valence-electron chi connectivity index (χ0n) is 21.4. The fraction of sp³-hybridized carbons (Fsp3) is 0.423. The third-order valence-corrected chi connectivity index (χ3v) is 7.21. The summed E-state index contributed by atoms with van der Waals surface area (Å²) in [5, 5.41) is 4.04. The zero-order chi connectivity index (χ0) is 28.5. The minimum absolute atomic E-state index is 0.0226. The molecular weight excluding hydrogens is 560 g/mol. The van der Waals surface area contributed by atoms with E-state index in [1.165, 1.54) is 31.4 Å². The van der Waals surface area contributed by atoms with Gasteiger partial charge in [0.2, 0.25) is 0 Å². The van der Waals surface area contributed by atoms with Crippen molar-refractivity contribution in [3.63, 3.8) is 0 Å². The van der Waals surface area contributed by atoms with Crippen molar-refractivity contribution in [2.75, 3.05) is 26.8 Å². The van der Waals surface area contributed by atoms with Crippen LogP contribution in [0.2, 0.25) is 10.0 Å². The Morgan fingerprint density at radius 1 is 1.26 bits per heavy atom. The highest BCUT2D eigenvalue weighted by Crippen LogP contribution is 2.48. The minimum atomic E-state index is -4.61. The number of nitrogens with zero attached hydrogens (tertiary/aromatic N) is 2. The van der Waals surface area contributed by atoms with Crippen LogP contribution in [0, 0.1) is 6.92 Å². The first-order valence-electron chi connectivity index (χ1n) is 12.1. The fourth-order valence-corrected chi connectivity index (χ4v) is 5.26. The molecule has 210 valence electrons. The largest absolute Gasteiger partial charge is 0.400 e. The van der Waals surface area contributed by atoms with Gasteiger partial charge in [-0.3, -0.25) is 19.4 Å². The quantitative estimate of drug-likeness (QED) is 0.447. The van der Waals surface area contributed by atoms with Gasteiger partial charge in [-0.05, 0) is 60.9 Å². The Bertz CT molecular complexity index is 1290. The summed E-state index contributed by atoms with van der Waals surface area (Å²) in [6, 6.07) is 7.51. The molecule has 0 spiro atoms. The second kappa shape index (κ2) is 11.4. The van der Waals surface area contributed by atoms with Gasteiger partial charge in [0.25, 0.3) is 11.8 Å². The van der Waals surface area contributed by atoms with Crippen molar-refractivity contribution < 1.29 is 32.4 Å². The number of hydrogen-bond acceptors (Lipinski definition) is 6. The predicted molar refractivity (Wildman–Crippen MR) is 140 cm³/mol. The summed E-state index contributed by atoms with van der Waals surface area (Å²) < 4.78 is 43.2. The molecule has 2 aromatic carbocycles. The van der Waals surface area contributed by atoms with Gasteiger partial charge in [0, 0.05) is 33.8 Å². The summed E-state index contributed by atoms with van der Waals surface area (Å²) in [5.74, 6) is -0.898. The molecule has 0 bridgehead atoms. The summed E-state index contributed by atoms with van der Waals surface area (Å²) in [6.45, 7) is 3.15. The number of benzene rings is 2. The van der Waals surface area contributed by atoms with Gasteiger partial charge in [-0.15, -0.1) is 0 Å². The number of nitrogens with one attached hydrogen (secondary N) is 2. The van der Waals surface area contributed by atoms with Crippen LogP contribution in [0.3, 0.4) is 0 Å². The van der Waals surface area contributed by atoms with Gasteiger partial charge >= 0.3 is 6.18 Å². The maximum Gasteiger partial charge on any atom is 0.400 e. The van der Waals surface area contributed by atoms with Crippen molar-refractivity contribution >= 4 is 40.7 Å². The van der Waals surface area contributed by atoms with Crippen LogP contribution in [-0.2, 0) is 19.9 Å². The molecular formula is C26H27Cl2F3N4O4. The van der Waals surface area contributed by atoms with Crippen LogP contribution in [0.15, 0.2) is 41.4 Å². The topological polar surface area (TPSA) is 92.3 Å².